The molecule has 0 heterocycles. The molecule has 0 aliphatic carbocycles. The van der Waals surface area contributed by atoms with Gasteiger partial charge in [0.1, 0.15) is 0 Å². The fourth-order valence-electron chi connectivity index (χ4n) is 0.333. The van der Waals surface area contributed by atoms with E-state index in [2.05, 4.69) is 0 Å². The van der Waals surface area contributed by atoms with Gasteiger partial charge in [0.15, 0.2) is 0 Å². The van der Waals surface area contributed by atoms with Crippen LogP contribution in [0.15, 0.2) is 0 Å². The Morgan fingerprint density at radius 1 is 1.40 bits per heavy atom. The van der Waals surface area contributed by atoms with Gasteiger partial charge in [-0.15, -0.1) is 0 Å². The summed E-state index contributed by atoms with van der Waals surface area (Å²) in [6.07, 6.45) is 0.167. The first-order valence-electron chi connectivity index (χ1n) is 2.32. The van der Waals surface area contributed by atoms with Crippen LogP contribution in [0, 0.1) is 5.92 Å². The van der Waals surface area contributed by atoms with E-state index in [-0.39, 0.29) is 54.5 Å². The Bertz CT molecular complexity index is 78.0. The van der Waals surface area contributed by atoms with Crippen molar-refractivity contribution >= 4 is 5.97 Å². The van der Waals surface area contributed by atoms with Crippen LogP contribution in [0.4, 0.5) is 0 Å². The Kier molecular flexibility index (Phi) is 27.5. The van der Waals surface area contributed by atoms with Crippen molar-refractivity contribution in [2.75, 3.05) is 0 Å². The molecule has 0 amide bonds. The Morgan fingerprint density at radius 2 is 1.70 bits per heavy atom. The fourth-order valence-corrected chi connectivity index (χ4v) is 0.333. The summed E-state index contributed by atoms with van der Waals surface area (Å²) in [6.45, 7) is 3.69. The second-order valence-corrected chi connectivity index (χ2v) is 1.97. The van der Waals surface area contributed by atoms with E-state index in [0.29, 0.717) is 0 Å². The number of carbonyl (C=O) groups is 1. The van der Waals surface area contributed by atoms with Crippen LogP contribution in [-0.4, -0.2) is 5.97 Å². The number of carbonyl (C=O) groups excluding carboxylic acids is 1. The summed E-state index contributed by atoms with van der Waals surface area (Å²) in [5, 5.41) is 9.70. The topological polar surface area (TPSA) is 40.1 Å². The summed E-state index contributed by atoms with van der Waals surface area (Å²) in [7, 11) is 0. The van der Waals surface area contributed by atoms with E-state index in [4.69, 9.17) is 0 Å². The number of halogens is 2. The molecular weight excluding hydrogens is 215 g/mol. The maximum atomic E-state index is 9.70. The monoisotopic (exact) mass is 223 g/mol. The van der Waals surface area contributed by atoms with E-state index in [1.165, 1.54) is 0 Å². The van der Waals surface area contributed by atoms with Gasteiger partial charge in [-0.05, 0) is 12.3 Å². The largest absolute Gasteiger partial charge is 3.00 e. The van der Waals surface area contributed by atoms with Crippen LogP contribution in [0.5, 0.6) is 0 Å². The van der Waals surface area contributed by atoms with E-state index in [0.717, 1.165) is 0 Å². The van der Waals surface area contributed by atoms with Crippen molar-refractivity contribution in [3.63, 3.8) is 0 Å². The number of hydrogen-bond acceptors (Lipinski definition) is 2. The molecular formula is C5H9Cl2CrO2. The summed E-state index contributed by atoms with van der Waals surface area (Å²) in [5.41, 5.74) is 0. The molecule has 0 aromatic carbocycles. The molecule has 0 spiro atoms. The predicted octanol–water partition coefficient (Wildman–Crippen LogP) is -6.21. The Labute approximate surface area is 84.3 Å². The van der Waals surface area contributed by atoms with Crippen molar-refractivity contribution in [2.24, 2.45) is 5.92 Å². The third-order valence-electron chi connectivity index (χ3n) is 0.575. The maximum Gasteiger partial charge on any atom is 3.00 e. The Hall–Kier alpha value is 0.582. The average Bonchev–Trinajstić information content (AvgIpc) is 1.27. The number of hydrogen-bond donors (Lipinski definition) is 0. The minimum absolute atomic E-state index is 0. The zero-order valence-electron chi connectivity index (χ0n) is 5.77. The molecule has 0 bridgehead atoms. The summed E-state index contributed by atoms with van der Waals surface area (Å²) < 4.78 is 0. The average molecular weight is 224 g/mol. The van der Waals surface area contributed by atoms with Gasteiger partial charge in [0.05, 0.1) is 0 Å². The molecule has 0 N–H and O–H groups in total. The molecule has 0 unspecified atom stereocenters. The molecule has 0 saturated heterocycles. The molecule has 2 nitrogen and oxygen atoms in total. The van der Waals surface area contributed by atoms with Crippen LogP contribution in [-0.2, 0) is 22.2 Å². The second-order valence-electron chi connectivity index (χ2n) is 1.97. The van der Waals surface area contributed by atoms with Gasteiger partial charge < -0.3 is 34.7 Å². The minimum atomic E-state index is -0.963. The Balaban J connectivity index is -0.0000000600. The van der Waals surface area contributed by atoms with E-state index in [1.807, 2.05) is 13.8 Å². The van der Waals surface area contributed by atoms with Crippen LogP contribution in [0.2, 0.25) is 0 Å². The van der Waals surface area contributed by atoms with Crippen LogP contribution >= 0.6 is 0 Å². The standard InChI is InChI=1S/C5H10O2.2ClH.Cr/c1-4(2)3-5(6)7;;;/h4H,3H2,1-2H3,(H,6,7);2*1H;/q;;;+3/p-3. The van der Waals surface area contributed by atoms with Gasteiger partial charge in [-0.3, -0.25) is 0 Å². The van der Waals surface area contributed by atoms with Crippen molar-refractivity contribution in [3.8, 4) is 0 Å². The quantitative estimate of drug-likeness (QED) is 0.468. The molecule has 0 atom stereocenters. The van der Waals surface area contributed by atoms with Gasteiger partial charge in [-0.25, -0.2) is 0 Å². The fraction of sp³-hybridized carbons (Fsp3) is 0.800. The first kappa shape index (κ1) is 22.4. The third kappa shape index (κ3) is 23.5. The third-order valence-corrected chi connectivity index (χ3v) is 0.575. The van der Waals surface area contributed by atoms with Crippen LogP contribution in [0.3, 0.4) is 0 Å². The maximum absolute atomic E-state index is 9.70. The minimum Gasteiger partial charge on any atom is -1.00 e. The van der Waals surface area contributed by atoms with E-state index >= 15 is 0 Å². The zero-order valence-corrected chi connectivity index (χ0v) is 8.55. The molecule has 0 aliphatic rings. The van der Waals surface area contributed by atoms with Crippen LogP contribution in [0.25, 0.3) is 0 Å². The van der Waals surface area contributed by atoms with E-state index in [1.54, 1.807) is 0 Å². The number of rotatable bonds is 2. The van der Waals surface area contributed by atoms with Gasteiger partial charge in [-0.1, -0.05) is 13.8 Å². The number of aliphatic carboxylic acids is 1. The summed E-state index contributed by atoms with van der Waals surface area (Å²) >= 11 is 0. The van der Waals surface area contributed by atoms with Crippen LogP contribution in [0.1, 0.15) is 20.3 Å². The van der Waals surface area contributed by atoms with Gasteiger partial charge in [0, 0.05) is 5.97 Å². The molecule has 0 saturated carbocycles. The van der Waals surface area contributed by atoms with E-state index in [9.17, 15) is 9.90 Å². The van der Waals surface area contributed by atoms with Crippen molar-refractivity contribution in [1.82, 2.24) is 0 Å². The first-order chi connectivity index (χ1) is 3.13. The number of carboxylic acids is 1. The van der Waals surface area contributed by atoms with Gasteiger partial charge >= 0.3 is 17.4 Å². The summed E-state index contributed by atoms with van der Waals surface area (Å²) in [4.78, 5) is 9.70. The summed E-state index contributed by atoms with van der Waals surface area (Å²) in [6, 6.07) is 0. The Morgan fingerprint density at radius 3 is 1.70 bits per heavy atom. The molecule has 0 aliphatic heterocycles. The van der Waals surface area contributed by atoms with Crippen molar-refractivity contribution in [1.29, 1.82) is 0 Å². The van der Waals surface area contributed by atoms with Gasteiger partial charge in [0.2, 0.25) is 0 Å². The molecule has 0 aromatic heterocycles. The molecule has 61 valence electrons. The molecule has 0 rings (SSSR count). The zero-order chi connectivity index (χ0) is 5.86. The normalized spacial score (nSPS) is 6.70. The summed E-state index contributed by atoms with van der Waals surface area (Å²) in [5.74, 6) is -0.750. The first-order valence-corrected chi connectivity index (χ1v) is 2.32. The SMILES string of the molecule is CC(C)CC(=O)[O-].[Cl-].[Cl-].[Cr+3]. The van der Waals surface area contributed by atoms with Crippen molar-refractivity contribution in [3.05, 3.63) is 0 Å². The molecule has 5 heteroatoms. The molecule has 10 heavy (non-hydrogen) atoms. The van der Waals surface area contributed by atoms with Gasteiger partial charge in [0.25, 0.3) is 0 Å². The smallest absolute Gasteiger partial charge is 1.00 e. The van der Waals surface area contributed by atoms with Crippen molar-refractivity contribution < 1.29 is 52.1 Å². The predicted molar refractivity (Wildman–Crippen MR) is 24.5 cm³/mol. The second kappa shape index (κ2) is 12.3. The van der Waals surface area contributed by atoms with Gasteiger partial charge in [-0.2, -0.15) is 0 Å². The molecule has 1 radical (unpaired) electrons. The molecule has 0 aromatic rings. The van der Waals surface area contributed by atoms with E-state index < -0.39 is 5.97 Å². The molecule has 0 fully saturated rings. The number of carboxylic acid groups (broad SMARTS) is 1. The van der Waals surface area contributed by atoms with Crippen molar-refractivity contribution in [2.45, 2.75) is 20.3 Å². The van der Waals surface area contributed by atoms with Crippen LogP contribution < -0.4 is 29.9 Å².